The van der Waals surface area contributed by atoms with E-state index in [2.05, 4.69) is 35.8 Å². The van der Waals surface area contributed by atoms with Crippen molar-refractivity contribution in [1.82, 2.24) is 25.1 Å². The van der Waals surface area contributed by atoms with Crippen LogP contribution in [0.4, 0.5) is 22.1 Å². The van der Waals surface area contributed by atoms with Gasteiger partial charge in [0.15, 0.2) is 5.82 Å². The Labute approximate surface area is 132 Å². The van der Waals surface area contributed by atoms with Crippen LogP contribution in [0.3, 0.4) is 0 Å². The van der Waals surface area contributed by atoms with E-state index in [1.165, 1.54) is 18.5 Å². The topological polar surface area (TPSA) is 91.4 Å². The van der Waals surface area contributed by atoms with Gasteiger partial charge in [-0.15, -0.1) is 0 Å². The fourth-order valence-electron chi connectivity index (χ4n) is 2.05. The van der Waals surface area contributed by atoms with Crippen LogP contribution in [0, 0.1) is 12.7 Å². The molecule has 7 nitrogen and oxygen atoms in total. The molecule has 2 heterocycles. The number of nitrogens with zero attached hydrogens (tertiary/aromatic N) is 4. The normalized spacial score (nSPS) is 12.0. The quantitative estimate of drug-likeness (QED) is 0.671. The first kappa shape index (κ1) is 14.9. The molecule has 1 atom stereocenters. The van der Waals surface area contributed by atoms with Gasteiger partial charge in [0.2, 0.25) is 11.9 Å². The van der Waals surface area contributed by atoms with E-state index < -0.39 is 0 Å². The Morgan fingerprint density at radius 1 is 1.13 bits per heavy atom. The lowest BCUT2D eigenvalue weighted by Gasteiger charge is -2.14. The lowest BCUT2D eigenvalue weighted by atomic mass is 10.1. The van der Waals surface area contributed by atoms with Crippen LogP contribution in [0.2, 0.25) is 0 Å². The molecule has 1 unspecified atom stereocenters. The van der Waals surface area contributed by atoms with E-state index in [4.69, 9.17) is 0 Å². The summed E-state index contributed by atoms with van der Waals surface area (Å²) in [5.41, 5.74) is 1.87. The molecule has 0 aliphatic heterocycles. The average molecular weight is 313 g/mol. The monoisotopic (exact) mass is 313 g/mol. The van der Waals surface area contributed by atoms with Crippen molar-refractivity contribution >= 4 is 17.7 Å². The molecule has 1 aromatic carbocycles. The standard InChI is InChI=1S/C15H16FN7/c1-9-7-13(23-22-9)20-15-18-8-17-14(21-15)19-10(2)11-3-5-12(16)6-4-11/h3-8,10H,1-2H3,(H3,17,18,19,20,21,22,23). The lowest BCUT2D eigenvalue weighted by molar-refractivity contribution is 0.626. The van der Waals surface area contributed by atoms with Gasteiger partial charge in [-0.25, -0.2) is 14.4 Å². The summed E-state index contributed by atoms with van der Waals surface area (Å²) in [6.45, 7) is 3.85. The highest BCUT2D eigenvalue weighted by Crippen LogP contribution is 2.18. The van der Waals surface area contributed by atoms with Crippen molar-refractivity contribution in [3.8, 4) is 0 Å². The maximum absolute atomic E-state index is 13.0. The highest BCUT2D eigenvalue weighted by Gasteiger charge is 2.09. The summed E-state index contributed by atoms with van der Waals surface area (Å²) in [5.74, 6) is 1.18. The fraction of sp³-hybridized carbons (Fsp3) is 0.200. The third-order valence-electron chi connectivity index (χ3n) is 3.23. The lowest BCUT2D eigenvalue weighted by Crippen LogP contribution is -2.11. The highest BCUT2D eigenvalue weighted by atomic mass is 19.1. The number of H-pyrrole nitrogens is 1. The van der Waals surface area contributed by atoms with Gasteiger partial charge in [-0.05, 0) is 31.5 Å². The largest absolute Gasteiger partial charge is 0.348 e. The summed E-state index contributed by atoms with van der Waals surface area (Å²) in [6.07, 6.45) is 1.41. The van der Waals surface area contributed by atoms with Crippen LogP contribution in [0.1, 0.15) is 24.2 Å². The molecule has 0 aliphatic carbocycles. The zero-order valence-corrected chi connectivity index (χ0v) is 12.7. The van der Waals surface area contributed by atoms with Gasteiger partial charge in [-0.3, -0.25) is 5.10 Å². The van der Waals surface area contributed by atoms with Crippen LogP contribution < -0.4 is 10.6 Å². The number of hydrogen-bond donors (Lipinski definition) is 3. The molecule has 0 spiro atoms. The van der Waals surface area contributed by atoms with Gasteiger partial charge in [-0.1, -0.05) is 12.1 Å². The molecule has 2 aromatic heterocycles. The minimum absolute atomic E-state index is 0.0709. The molecule has 0 aliphatic rings. The second kappa shape index (κ2) is 6.39. The van der Waals surface area contributed by atoms with E-state index in [0.717, 1.165) is 11.3 Å². The van der Waals surface area contributed by atoms with E-state index in [1.54, 1.807) is 12.1 Å². The van der Waals surface area contributed by atoms with E-state index in [9.17, 15) is 4.39 Å². The maximum atomic E-state index is 13.0. The van der Waals surface area contributed by atoms with Crippen molar-refractivity contribution in [2.75, 3.05) is 10.6 Å². The Morgan fingerprint density at radius 3 is 2.57 bits per heavy atom. The zero-order valence-electron chi connectivity index (χ0n) is 12.7. The van der Waals surface area contributed by atoms with E-state index in [-0.39, 0.29) is 11.9 Å². The summed E-state index contributed by atoms with van der Waals surface area (Å²) in [6, 6.07) is 8.07. The molecular formula is C15H16FN7. The predicted molar refractivity (Wildman–Crippen MR) is 84.9 cm³/mol. The van der Waals surface area contributed by atoms with Crippen LogP contribution in [-0.4, -0.2) is 25.1 Å². The van der Waals surface area contributed by atoms with Crippen molar-refractivity contribution in [3.05, 3.63) is 53.7 Å². The molecule has 0 radical (unpaired) electrons. The number of aromatic amines is 1. The Kier molecular flexibility index (Phi) is 4.13. The molecule has 0 bridgehead atoms. The molecule has 3 N–H and O–H groups in total. The SMILES string of the molecule is Cc1cc(Nc2ncnc(NC(C)c3ccc(F)cc3)n2)n[nH]1. The number of hydrogen-bond acceptors (Lipinski definition) is 6. The molecule has 0 amide bonds. The number of rotatable bonds is 5. The van der Waals surface area contributed by atoms with Gasteiger partial charge in [0, 0.05) is 11.8 Å². The first-order chi connectivity index (χ1) is 11.1. The van der Waals surface area contributed by atoms with Crippen molar-refractivity contribution in [2.24, 2.45) is 0 Å². The van der Waals surface area contributed by atoms with Gasteiger partial charge >= 0.3 is 0 Å². The van der Waals surface area contributed by atoms with E-state index in [0.29, 0.717) is 17.7 Å². The van der Waals surface area contributed by atoms with Gasteiger partial charge in [-0.2, -0.15) is 10.1 Å². The molecular weight excluding hydrogens is 297 g/mol. The molecule has 3 rings (SSSR count). The number of halogens is 1. The second-order valence-electron chi connectivity index (χ2n) is 5.11. The van der Waals surface area contributed by atoms with Crippen LogP contribution >= 0.6 is 0 Å². The average Bonchev–Trinajstić information content (AvgIpc) is 2.93. The van der Waals surface area contributed by atoms with Crippen LogP contribution in [0.25, 0.3) is 0 Å². The van der Waals surface area contributed by atoms with E-state index in [1.807, 2.05) is 19.9 Å². The highest BCUT2D eigenvalue weighted by molar-refractivity contribution is 5.49. The van der Waals surface area contributed by atoms with Crippen molar-refractivity contribution in [2.45, 2.75) is 19.9 Å². The van der Waals surface area contributed by atoms with Crippen LogP contribution in [0.5, 0.6) is 0 Å². The van der Waals surface area contributed by atoms with Gasteiger partial charge in [0.05, 0.1) is 6.04 Å². The Bertz CT molecular complexity index is 785. The Hall–Kier alpha value is -3.03. The molecule has 0 fully saturated rings. The zero-order chi connectivity index (χ0) is 16.2. The number of aromatic nitrogens is 5. The predicted octanol–water partition coefficient (Wildman–Crippen LogP) is 2.96. The molecule has 0 saturated heterocycles. The summed E-state index contributed by atoms with van der Waals surface area (Å²) >= 11 is 0. The van der Waals surface area contributed by atoms with Crippen LogP contribution in [-0.2, 0) is 0 Å². The van der Waals surface area contributed by atoms with Gasteiger partial charge < -0.3 is 10.6 Å². The minimum Gasteiger partial charge on any atom is -0.348 e. The van der Waals surface area contributed by atoms with Crippen molar-refractivity contribution < 1.29 is 4.39 Å². The molecule has 118 valence electrons. The number of nitrogens with one attached hydrogen (secondary N) is 3. The summed E-state index contributed by atoms with van der Waals surface area (Å²) in [7, 11) is 0. The first-order valence-electron chi connectivity index (χ1n) is 7.10. The first-order valence-corrected chi connectivity index (χ1v) is 7.10. The van der Waals surface area contributed by atoms with Crippen LogP contribution in [0.15, 0.2) is 36.7 Å². The molecule has 23 heavy (non-hydrogen) atoms. The minimum atomic E-state index is -0.262. The van der Waals surface area contributed by atoms with Crippen molar-refractivity contribution in [1.29, 1.82) is 0 Å². The number of aryl methyl sites for hydroxylation is 1. The fourth-order valence-corrected chi connectivity index (χ4v) is 2.05. The molecule has 3 aromatic rings. The number of anilines is 3. The van der Waals surface area contributed by atoms with Gasteiger partial charge in [0.25, 0.3) is 0 Å². The van der Waals surface area contributed by atoms with E-state index >= 15 is 0 Å². The Balaban J connectivity index is 1.70. The Morgan fingerprint density at radius 2 is 1.87 bits per heavy atom. The smallest absolute Gasteiger partial charge is 0.233 e. The summed E-state index contributed by atoms with van der Waals surface area (Å²) in [5, 5.41) is 13.0. The summed E-state index contributed by atoms with van der Waals surface area (Å²) < 4.78 is 13.0. The third-order valence-corrected chi connectivity index (χ3v) is 3.23. The number of benzene rings is 1. The van der Waals surface area contributed by atoms with Crippen molar-refractivity contribution in [3.63, 3.8) is 0 Å². The van der Waals surface area contributed by atoms with Gasteiger partial charge in [0.1, 0.15) is 12.1 Å². The third kappa shape index (κ3) is 3.79. The second-order valence-corrected chi connectivity index (χ2v) is 5.11. The maximum Gasteiger partial charge on any atom is 0.233 e. The molecule has 8 heteroatoms. The summed E-state index contributed by atoms with van der Waals surface area (Å²) in [4.78, 5) is 12.4. The molecule has 0 saturated carbocycles.